The molecule has 4 heteroatoms. The van der Waals surface area contributed by atoms with Crippen LogP contribution in [0.3, 0.4) is 0 Å². The van der Waals surface area contributed by atoms with Gasteiger partial charge in [0.05, 0.1) is 18.8 Å². The van der Waals surface area contributed by atoms with Crippen LogP contribution in [0.1, 0.15) is 78.6 Å². The van der Waals surface area contributed by atoms with E-state index in [0.717, 1.165) is 57.2 Å². The first-order chi connectivity index (χ1) is 14.3. The maximum Gasteiger partial charge on any atom is 0.169 e. The molecular weight excluding hydrogens is 376 g/mol. The molecule has 4 nitrogen and oxygen atoms in total. The lowest BCUT2D eigenvalue weighted by Crippen LogP contribution is -2.60. The lowest BCUT2D eigenvalue weighted by Gasteiger charge is -2.64. The highest BCUT2D eigenvalue weighted by Gasteiger charge is 2.66. The van der Waals surface area contributed by atoms with Crippen LogP contribution in [0, 0.1) is 40.4 Å². The molecule has 0 bridgehead atoms. The van der Waals surface area contributed by atoms with E-state index in [2.05, 4.69) is 20.8 Å². The third kappa shape index (κ3) is 2.86. The lowest BCUT2D eigenvalue weighted by atomic mass is 9.42. The molecule has 2 N–H and O–H groups in total. The Labute approximate surface area is 182 Å². The Hall–Kier alpha value is -0.420. The standard InChI is InChI=1S/C26H42O4/c1-18-16-26(29-14-15-30-26)17-19-6-7-20-21-9-12-25(28,10-4-5-13-27)23(21,2)11-8-22(20)24(18,19)3/h4,10,18-22,27-28H,5-9,11-17H2,1-3H3/b10-4+/t18-,19-,20-,21-,22-,23-,24-,25-/m0/s1. The van der Waals surface area contributed by atoms with Crippen molar-refractivity contribution in [2.24, 2.45) is 40.4 Å². The summed E-state index contributed by atoms with van der Waals surface area (Å²) in [6, 6.07) is 0. The van der Waals surface area contributed by atoms with Gasteiger partial charge in [0.2, 0.25) is 0 Å². The van der Waals surface area contributed by atoms with Gasteiger partial charge in [-0.25, -0.2) is 0 Å². The van der Waals surface area contributed by atoms with Crippen molar-refractivity contribution in [2.45, 2.75) is 89.9 Å². The Kier molecular flexibility index (Phi) is 5.21. The first-order valence-corrected chi connectivity index (χ1v) is 12.6. The predicted octanol–water partition coefficient (Wildman–Crippen LogP) is 4.69. The molecule has 30 heavy (non-hydrogen) atoms. The largest absolute Gasteiger partial charge is 0.396 e. The first-order valence-electron chi connectivity index (χ1n) is 12.6. The Morgan fingerprint density at radius 2 is 1.70 bits per heavy atom. The number of hydrogen-bond acceptors (Lipinski definition) is 4. The Bertz CT molecular complexity index is 685. The first kappa shape index (κ1) is 21.4. The second-order valence-electron chi connectivity index (χ2n) is 11.8. The molecule has 0 aromatic heterocycles. The summed E-state index contributed by atoms with van der Waals surface area (Å²) in [5.41, 5.74) is -0.373. The van der Waals surface area contributed by atoms with Gasteiger partial charge in [0.1, 0.15) is 0 Å². The van der Waals surface area contributed by atoms with Crippen LogP contribution in [0.15, 0.2) is 12.2 Å². The molecule has 1 saturated heterocycles. The summed E-state index contributed by atoms with van der Waals surface area (Å²) in [6.07, 6.45) is 13.7. The molecule has 4 saturated carbocycles. The van der Waals surface area contributed by atoms with Crippen LogP contribution in [-0.4, -0.2) is 41.4 Å². The summed E-state index contributed by atoms with van der Waals surface area (Å²) in [6.45, 7) is 9.07. The Morgan fingerprint density at radius 3 is 2.43 bits per heavy atom. The highest BCUT2D eigenvalue weighted by Crippen LogP contribution is 2.70. The summed E-state index contributed by atoms with van der Waals surface area (Å²) >= 11 is 0. The van der Waals surface area contributed by atoms with E-state index >= 15 is 0 Å². The molecule has 0 amide bonds. The van der Waals surface area contributed by atoms with Crippen LogP contribution in [0.4, 0.5) is 0 Å². The third-order valence-electron chi connectivity index (χ3n) is 10.9. The average molecular weight is 419 g/mol. The average Bonchev–Trinajstić information content (AvgIpc) is 3.26. The number of fused-ring (bicyclic) bond motifs is 5. The van der Waals surface area contributed by atoms with Crippen molar-refractivity contribution >= 4 is 0 Å². The maximum absolute atomic E-state index is 11.6. The smallest absolute Gasteiger partial charge is 0.169 e. The van der Waals surface area contributed by atoms with Crippen molar-refractivity contribution in [1.82, 2.24) is 0 Å². The molecule has 5 aliphatic rings. The molecule has 1 heterocycles. The van der Waals surface area contributed by atoms with E-state index in [0.29, 0.717) is 29.6 Å². The topological polar surface area (TPSA) is 58.9 Å². The van der Waals surface area contributed by atoms with Crippen molar-refractivity contribution < 1.29 is 19.7 Å². The number of aliphatic hydroxyl groups excluding tert-OH is 1. The van der Waals surface area contributed by atoms with Crippen LogP contribution in [0.2, 0.25) is 0 Å². The lowest BCUT2D eigenvalue weighted by molar-refractivity contribution is -0.249. The molecule has 4 aliphatic carbocycles. The van der Waals surface area contributed by atoms with Gasteiger partial charge in [-0.3, -0.25) is 0 Å². The minimum absolute atomic E-state index is 0.0277. The van der Waals surface area contributed by atoms with E-state index in [1.54, 1.807) is 0 Å². The van der Waals surface area contributed by atoms with Crippen molar-refractivity contribution in [3.8, 4) is 0 Å². The number of hydrogen-bond donors (Lipinski definition) is 2. The van der Waals surface area contributed by atoms with Gasteiger partial charge in [-0.05, 0) is 80.0 Å². The molecule has 0 unspecified atom stereocenters. The van der Waals surface area contributed by atoms with Gasteiger partial charge in [0.15, 0.2) is 5.79 Å². The van der Waals surface area contributed by atoms with E-state index in [1.807, 2.05) is 12.2 Å². The number of aliphatic hydroxyl groups is 2. The monoisotopic (exact) mass is 418 g/mol. The van der Waals surface area contributed by atoms with Crippen molar-refractivity contribution in [3.63, 3.8) is 0 Å². The summed E-state index contributed by atoms with van der Waals surface area (Å²) in [4.78, 5) is 0. The van der Waals surface area contributed by atoms with Crippen LogP contribution >= 0.6 is 0 Å². The molecule has 0 aromatic rings. The fourth-order valence-electron chi connectivity index (χ4n) is 9.12. The quantitative estimate of drug-likeness (QED) is 0.653. The van der Waals surface area contributed by atoms with E-state index < -0.39 is 5.60 Å². The second kappa shape index (κ2) is 7.30. The van der Waals surface area contributed by atoms with Crippen molar-refractivity contribution in [1.29, 1.82) is 0 Å². The summed E-state index contributed by atoms with van der Waals surface area (Å²) in [7, 11) is 0. The zero-order valence-electron chi connectivity index (χ0n) is 19.2. The molecule has 0 aromatic carbocycles. The van der Waals surface area contributed by atoms with Crippen LogP contribution in [0.5, 0.6) is 0 Å². The van der Waals surface area contributed by atoms with Crippen LogP contribution in [0.25, 0.3) is 0 Å². The highest BCUT2D eigenvalue weighted by molar-refractivity contribution is 5.20. The second-order valence-corrected chi connectivity index (χ2v) is 11.8. The SMILES string of the molecule is C[C@H]1CC2(C[C@@H]3CC[C@@H]4[C@H](CC[C@@]5(C)[C@H]4CC[C@@]5(O)/C=C/CCO)[C@]31C)OCCO2. The molecule has 170 valence electrons. The van der Waals surface area contributed by atoms with Crippen LogP contribution < -0.4 is 0 Å². The van der Waals surface area contributed by atoms with Gasteiger partial charge in [-0.15, -0.1) is 0 Å². The van der Waals surface area contributed by atoms with Gasteiger partial charge in [0.25, 0.3) is 0 Å². The molecule has 5 rings (SSSR count). The van der Waals surface area contributed by atoms with E-state index in [-0.39, 0.29) is 17.8 Å². The van der Waals surface area contributed by atoms with Gasteiger partial charge < -0.3 is 19.7 Å². The van der Waals surface area contributed by atoms with E-state index in [1.165, 1.54) is 19.3 Å². The third-order valence-corrected chi connectivity index (χ3v) is 10.9. The minimum atomic E-state index is -0.705. The fraction of sp³-hybridized carbons (Fsp3) is 0.923. The Morgan fingerprint density at radius 1 is 0.967 bits per heavy atom. The highest BCUT2D eigenvalue weighted by atomic mass is 16.7. The zero-order valence-corrected chi connectivity index (χ0v) is 19.2. The summed E-state index contributed by atoms with van der Waals surface area (Å²) in [5, 5.41) is 20.8. The van der Waals surface area contributed by atoms with Gasteiger partial charge in [-0.1, -0.05) is 32.9 Å². The van der Waals surface area contributed by atoms with Crippen molar-refractivity contribution in [3.05, 3.63) is 12.2 Å². The molecular formula is C26H42O4. The van der Waals surface area contributed by atoms with Gasteiger partial charge in [0, 0.05) is 24.9 Å². The van der Waals surface area contributed by atoms with Gasteiger partial charge >= 0.3 is 0 Å². The molecule has 1 aliphatic heterocycles. The van der Waals surface area contributed by atoms with Crippen LogP contribution in [-0.2, 0) is 9.47 Å². The minimum Gasteiger partial charge on any atom is -0.396 e. The normalized spacial score (nSPS) is 52.4. The maximum atomic E-state index is 11.6. The zero-order chi connectivity index (χ0) is 21.2. The predicted molar refractivity (Wildman–Crippen MR) is 117 cm³/mol. The summed E-state index contributed by atoms with van der Waals surface area (Å²) in [5.74, 6) is 3.09. The molecule has 0 radical (unpaired) electrons. The molecule has 5 fully saturated rings. The number of rotatable bonds is 3. The number of ether oxygens (including phenoxy) is 2. The Balaban J connectivity index is 1.40. The molecule has 8 atom stereocenters. The summed E-state index contributed by atoms with van der Waals surface area (Å²) < 4.78 is 12.3. The fourth-order valence-corrected chi connectivity index (χ4v) is 9.12. The molecule has 1 spiro atoms. The van der Waals surface area contributed by atoms with E-state index in [4.69, 9.17) is 14.6 Å². The van der Waals surface area contributed by atoms with Crippen molar-refractivity contribution in [2.75, 3.05) is 19.8 Å². The van der Waals surface area contributed by atoms with Gasteiger partial charge in [-0.2, -0.15) is 0 Å². The van der Waals surface area contributed by atoms with E-state index in [9.17, 15) is 5.11 Å².